The molecule has 1 aromatic rings. The van der Waals surface area contributed by atoms with Gasteiger partial charge in [-0.2, -0.15) is 0 Å². The zero-order valence-corrected chi connectivity index (χ0v) is 9.61. The van der Waals surface area contributed by atoms with E-state index in [9.17, 15) is 8.42 Å². The van der Waals surface area contributed by atoms with E-state index in [0.717, 1.165) is 0 Å². The van der Waals surface area contributed by atoms with Gasteiger partial charge in [-0.25, -0.2) is 8.42 Å². The molecule has 1 saturated heterocycles. The molecule has 0 aromatic carbocycles. The van der Waals surface area contributed by atoms with Gasteiger partial charge in [-0.15, -0.1) is 0 Å². The number of pyridine rings is 1. The van der Waals surface area contributed by atoms with Crippen molar-refractivity contribution in [1.82, 2.24) is 4.98 Å². The molecule has 16 heavy (non-hydrogen) atoms. The molecule has 0 aliphatic carbocycles. The Morgan fingerprint density at radius 1 is 1.38 bits per heavy atom. The molecule has 0 saturated carbocycles. The van der Waals surface area contributed by atoms with Gasteiger partial charge in [-0.1, -0.05) is 0 Å². The minimum atomic E-state index is -3.34. The first-order valence-corrected chi connectivity index (χ1v) is 6.68. The van der Waals surface area contributed by atoms with Crippen LogP contribution in [0, 0.1) is 0 Å². The van der Waals surface area contributed by atoms with Gasteiger partial charge in [0.15, 0.2) is 9.84 Å². The van der Waals surface area contributed by atoms with E-state index >= 15 is 0 Å². The average molecular weight is 242 g/mol. The van der Waals surface area contributed by atoms with Crippen molar-refractivity contribution in [3.63, 3.8) is 0 Å². The van der Waals surface area contributed by atoms with E-state index in [0.29, 0.717) is 26.1 Å². The maximum atomic E-state index is 12.2. The van der Waals surface area contributed by atoms with Gasteiger partial charge in [-0.3, -0.25) is 4.98 Å². The molecule has 0 bridgehead atoms. The fourth-order valence-corrected chi connectivity index (χ4v) is 3.62. The molecular weight excluding hydrogens is 228 g/mol. The molecule has 5 nitrogen and oxygen atoms in total. The molecular formula is C10H14N2O3S. The number of nitrogens with zero attached hydrogens (tertiary/aromatic N) is 1. The topological polar surface area (TPSA) is 82.3 Å². The number of nitrogen functional groups attached to an aromatic ring is 1. The number of anilines is 1. The van der Waals surface area contributed by atoms with Crippen LogP contribution in [-0.2, 0) is 14.6 Å². The Hall–Kier alpha value is -1.14. The zero-order chi connectivity index (χ0) is 11.6. The second kappa shape index (κ2) is 4.39. The molecule has 0 atom stereocenters. The molecule has 1 aliphatic heterocycles. The van der Waals surface area contributed by atoms with Gasteiger partial charge in [-0.05, 0) is 18.9 Å². The highest BCUT2D eigenvalue weighted by atomic mass is 32.2. The van der Waals surface area contributed by atoms with Crippen molar-refractivity contribution in [3.05, 3.63) is 18.5 Å². The van der Waals surface area contributed by atoms with Gasteiger partial charge in [0, 0.05) is 19.4 Å². The third-order valence-corrected chi connectivity index (χ3v) is 5.06. The quantitative estimate of drug-likeness (QED) is 0.822. The lowest BCUT2D eigenvalue weighted by atomic mass is 10.2. The summed E-state index contributed by atoms with van der Waals surface area (Å²) in [6, 6.07) is 1.46. The predicted molar refractivity (Wildman–Crippen MR) is 59.7 cm³/mol. The van der Waals surface area contributed by atoms with Gasteiger partial charge in [0.05, 0.1) is 22.0 Å². The lowest BCUT2D eigenvalue weighted by Crippen LogP contribution is -2.29. The van der Waals surface area contributed by atoms with Crippen LogP contribution in [0.1, 0.15) is 12.8 Å². The number of hydrogen-bond acceptors (Lipinski definition) is 5. The third kappa shape index (κ3) is 2.03. The van der Waals surface area contributed by atoms with Crippen LogP contribution < -0.4 is 5.73 Å². The zero-order valence-electron chi connectivity index (χ0n) is 8.80. The van der Waals surface area contributed by atoms with Crippen LogP contribution in [0.25, 0.3) is 0 Å². The number of ether oxygens (including phenoxy) is 1. The Kier molecular flexibility index (Phi) is 3.11. The third-order valence-electron chi connectivity index (χ3n) is 2.72. The molecule has 0 unspecified atom stereocenters. The number of aromatic nitrogens is 1. The van der Waals surface area contributed by atoms with Gasteiger partial charge >= 0.3 is 0 Å². The second-order valence-corrected chi connectivity index (χ2v) is 5.97. The summed E-state index contributed by atoms with van der Waals surface area (Å²) >= 11 is 0. The summed E-state index contributed by atoms with van der Waals surface area (Å²) in [6.45, 7) is 0.990. The Balaban J connectivity index is 2.35. The van der Waals surface area contributed by atoms with Gasteiger partial charge in [0.1, 0.15) is 0 Å². The van der Waals surface area contributed by atoms with Crippen LogP contribution >= 0.6 is 0 Å². The molecule has 2 heterocycles. The smallest absolute Gasteiger partial charge is 0.183 e. The summed E-state index contributed by atoms with van der Waals surface area (Å²) < 4.78 is 29.6. The second-order valence-electron chi connectivity index (χ2n) is 3.77. The Morgan fingerprint density at radius 3 is 2.69 bits per heavy atom. The van der Waals surface area contributed by atoms with Crippen molar-refractivity contribution in [2.75, 3.05) is 18.9 Å². The maximum absolute atomic E-state index is 12.2. The van der Waals surface area contributed by atoms with Crippen molar-refractivity contribution >= 4 is 15.5 Å². The van der Waals surface area contributed by atoms with E-state index in [-0.39, 0.29) is 15.8 Å². The van der Waals surface area contributed by atoms with Crippen LogP contribution in [-0.4, -0.2) is 31.9 Å². The minimum absolute atomic E-state index is 0.189. The van der Waals surface area contributed by atoms with Crippen LogP contribution in [0.15, 0.2) is 23.4 Å². The van der Waals surface area contributed by atoms with Crippen molar-refractivity contribution in [2.24, 2.45) is 0 Å². The first-order valence-electron chi connectivity index (χ1n) is 5.13. The maximum Gasteiger partial charge on any atom is 0.183 e. The molecule has 0 amide bonds. The molecule has 2 N–H and O–H groups in total. The molecule has 1 fully saturated rings. The summed E-state index contributed by atoms with van der Waals surface area (Å²) in [7, 11) is -3.34. The van der Waals surface area contributed by atoms with Crippen molar-refractivity contribution in [1.29, 1.82) is 0 Å². The fourth-order valence-electron chi connectivity index (χ4n) is 1.82. The first-order chi connectivity index (χ1) is 7.62. The highest BCUT2D eigenvalue weighted by Gasteiger charge is 2.30. The van der Waals surface area contributed by atoms with E-state index in [1.54, 1.807) is 0 Å². The Morgan fingerprint density at radius 2 is 2.06 bits per heavy atom. The van der Waals surface area contributed by atoms with E-state index in [4.69, 9.17) is 10.5 Å². The SMILES string of the molecule is Nc1cnccc1S(=O)(=O)C1CCOCC1. The van der Waals surface area contributed by atoms with E-state index in [2.05, 4.69) is 4.98 Å². The normalized spacial score (nSPS) is 18.5. The Labute approximate surface area is 94.5 Å². The van der Waals surface area contributed by atoms with Crippen LogP contribution in [0.2, 0.25) is 0 Å². The lowest BCUT2D eigenvalue weighted by Gasteiger charge is -2.22. The number of rotatable bonds is 2. The minimum Gasteiger partial charge on any atom is -0.396 e. The Bertz CT molecular complexity index is 467. The highest BCUT2D eigenvalue weighted by Crippen LogP contribution is 2.26. The van der Waals surface area contributed by atoms with Gasteiger partial charge in [0.2, 0.25) is 0 Å². The van der Waals surface area contributed by atoms with E-state index in [1.807, 2.05) is 0 Å². The molecule has 0 spiro atoms. The molecule has 0 radical (unpaired) electrons. The predicted octanol–water partition coefficient (Wildman–Crippen LogP) is 0.617. The van der Waals surface area contributed by atoms with Crippen LogP contribution in [0.3, 0.4) is 0 Å². The van der Waals surface area contributed by atoms with Gasteiger partial charge < -0.3 is 10.5 Å². The van der Waals surface area contributed by atoms with E-state index < -0.39 is 9.84 Å². The van der Waals surface area contributed by atoms with Gasteiger partial charge in [0.25, 0.3) is 0 Å². The summed E-state index contributed by atoms with van der Waals surface area (Å²) in [5.41, 5.74) is 5.86. The van der Waals surface area contributed by atoms with E-state index in [1.165, 1.54) is 18.5 Å². The average Bonchev–Trinajstić information content (AvgIpc) is 2.30. The highest BCUT2D eigenvalue weighted by molar-refractivity contribution is 7.92. The molecule has 1 aromatic heterocycles. The van der Waals surface area contributed by atoms with Crippen LogP contribution in [0.5, 0.6) is 0 Å². The molecule has 88 valence electrons. The summed E-state index contributed by atoms with van der Waals surface area (Å²) in [5.74, 6) is 0. The molecule has 1 aliphatic rings. The van der Waals surface area contributed by atoms with Crippen LogP contribution in [0.4, 0.5) is 5.69 Å². The summed E-state index contributed by atoms with van der Waals surface area (Å²) in [5, 5.41) is -0.383. The number of hydrogen-bond donors (Lipinski definition) is 1. The summed E-state index contributed by atoms with van der Waals surface area (Å²) in [6.07, 6.45) is 3.88. The molecule has 6 heteroatoms. The number of sulfone groups is 1. The summed E-state index contributed by atoms with van der Waals surface area (Å²) in [4.78, 5) is 3.98. The number of nitrogens with two attached hydrogens (primary N) is 1. The standard InChI is InChI=1S/C10H14N2O3S/c11-9-7-12-4-1-10(9)16(13,14)8-2-5-15-6-3-8/h1,4,7-8H,2-3,5-6,11H2. The lowest BCUT2D eigenvalue weighted by molar-refractivity contribution is 0.0983. The first kappa shape index (κ1) is 11.3. The van der Waals surface area contributed by atoms with Crippen molar-refractivity contribution in [2.45, 2.75) is 23.0 Å². The monoisotopic (exact) mass is 242 g/mol. The fraction of sp³-hybridized carbons (Fsp3) is 0.500. The molecule has 2 rings (SSSR count). The van der Waals surface area contributed by atoms with Crippen molar-refractivity contribution in [3.8, 4) is 0 Å². The van der Waals surface area contributed by atoms with Crippen molar-refractivity contribution < 1.29 is 13.2 Å². The largest absolute Gasteiger partial charge is 0.396 e.